The standard InChI is InChI=1S/C14H20N2O3/c1-3-19-13-5-4-11(8-10(13)2)15-14(18)16-7-6-12(17)9-16/h4-5,8,12,17H,3,6-7,9H2,1-2H3,(H,15,18)/t12-/m0/s1. The molecule has 0 aromatic heterocycles. The number of β-amino-alcohol motifs (C(OH)–C–C–N with tert-alkyl or cyclic N) is 1. The zero-order chi connectivity index (χ0) is 13.8. The maximum atomic E-state index is 12.0. The molecule has 1 fully saturated rings. The van der Waals surface area contributed by atoms with Crippen molar-refractivity contribution in [1.82, 2.24) is 4.90 Å². The van der Waals surface area contributed by atoms with Crippen molar-refractivity contribution in [3.63, 3.8) is 0 Å². The second-order valence-corrected chi connectivity index (χ2v) is 4.73. The minimum atomic E-state index is -0.396. The van der Waals surface area contributed by atoms with E-state index < -0.39 is 6.10 Å². The third-order valence-corrected chi connectivity index (χ3v) is 3.18. The van der Waals surface area contributed by atoms with Gasteiger partial charge in [0, 0.05) is 18.8 Å². The Labute approximate surface area is 113 Å². The smallest absolute Gasteiger partial charge is 0.321 e. The summed E-state index contributed by atoms with van der Waals surface area (Å²) in [5.41, 5.74) is 1.73. The Balaban J connectivity index is 1.99. The van der Waals surface area contributed by atoms with Crippen LogP contribution >= 0.6 is 0 Å². The van der Waals surface area contributed by atoms with Gasteiger partial charge in [0.25, 0.3) is 0 Å². The number of ether oxygens (including phenoxy) is 1. The van der Waals surface area contributed by atoms with E-state index in [-0.39, 0.29) is 6.03 Å². The number of carbonyl (C=O) groups is 1. The molecule has 104 valence electrons. The molecule has 5 heteroatoms. The Morgan fingerprint density at radius 2 is 2.37 bits per heavy atom. The van der Waals surface area contributed by atoms with E-state index >= 15 is 0 Å². The van der Waals surface area contributed by atoms with Gasteiger partial charge in [-0.2, -0.15) is 0 Å². The molecule has 0 aliphatic carbocycles. The number of aliphatic hydroxyl groups excluding tert-OH is 1. The highest BCUT2D eigenvalue weighted by molar-refractivity contribution is 5.89. The molecule has 1 aromatic carbocycles. The van der Waals surface area contributed by atoms with E-state index in [2.05, 4.69) is 5.32 Å². The number of benzene rings is 1. The summed E-state index contributed by atoms with van der Waals surface area (Å²) in [5.74, 6) is 0.831. The van der Waals surface area contributed by atoms with Crippen LogP contribution in [0.1, 0.15) is 18.9 Å². The summed E-state index contributed by atoms with van der Waals surface area (Å²) in [6, 6.07) is 5.39. The van der Waals surface area contributed by atoms with Crippen LogP contribution in [0.25, 0.3) is 0 Å². The van der Waals surface area contributed by atoms with Gasteiger partial charge in [0.15, 0.2) is 0 Å². The number of anilines is 1. The summed E-state index contributed by atoms with van der Waals surface area (Å²) in [5, 5.41) is 12.3. The van der Waals surface area contributed by atoms with Crippen molar-refractivity contribution in [3.8, 4) is 5.75 Å². The van der Waals surface area contributed by atoms with Crippen LogP contribution in [0, 0.1) is 6.92 Å². The molecule has 2 N–H and O–H groups in total. The summed E-state index contributed by atoms with van der Waals surface area (Å²) < 4.78 is 5.45. The molecule has 5 nitrogen and oxygen atoms in total. The quantitative estimate of drug-likeness (QED) is 0.877. The Morgan fingerprint density at radius 3 is 2.95 bits per heavy atom. The van der Waals surface area contributed by atoms with Gasteiger partial charge in [-0.15, -0.1) is 0 Å². The van der Waals surface area contributed by atoms with E-state index in [1.165, 1.54) is 0 Å². The Kier molecular flexibility index (Phi) is 4.27. The van der Waals surface area contributed by atoms with Crippen molar-refractivity contribution in [1.29, 1.82) is 0 Å². The minimum Gasteiger partial charge on any atom is -0.494 e. The van der Waals surface area contributed by atoms with E-state index in [1.807, 2.05) is 32.0 Å². The molecule has 0 saturated carbocycles. The average molecular weight is 264 g/mol. The number of hydrogen-bond acceptors (Lipinski definition) is 3. The fourth-order valence-electron chi connectivity index (χ4n) is 2.17. The summed E-state index contributed by atoms with van der Waals surface area (Å²) >= 11 is 0. The molecular weight excluding hydrogens is 244 g/mol. The monoisotopic (exact) mass is 264 g/mol. The van der Waals surface area contributed by atoms with Gasteiger partial charge in [-0.1, -0.05) is 0 Å². The van der Waals surface area contributed by atoms with Crippen LogP contribution in [0.3, 0.4) is 0 Å². The van der Waals surface area contributed by atoms with Crippen LogP contribution in [-0.4, -0.2) is 41.8 Å². The normalized spacial score (nSPS) is 18.5. The van der Waals surface area contributed by atoms with Gasteiger partial charge < -0.3 is 20.1 Å². The van der Waals surface area contributed by atoms with E-state index in [4.69, 9.17) is 4.74 Å². The first-order chi connectivity index (χ1) is 9.10. The van der Waals surface area contributed by atoms with Crippen molar-refractivity contribution in [2.75, 3.05) is 25.0 Å². The largest absolute Gasteiger partial charge is 0.494 e. The number of urea groups is 1. The van der Waals surface area contributed by atoms with Crippen LogP contribution in [0.15, 0.2) is 18.2 Å². The highest BCUT2D eigenvalue weighted by Crippen LogP contribution is 2.22. The second-order valence-electron chi connectivity index (χ2n) is 4.73. The van der Waals surface area contributed by atoms with Crippen molar-refractivity contribution < 1.29 is 14.6 Å². The molecule has 2 rings (SSSR count). The van der Waals surface area contributed by atoms with Gasteiger partial charge in [0.2, 0.25) is 0 Å². The van der Waals surface area contributed by atoms with E-state index in [1.54, 1.807) is 4.90 Å². The molecule has 0 unspecified atom stereocenters. The highest BCUT2D eigenvalue weighted by Gasteiger charge is 2.24. The predicted octanol–water partition coefficient (Wildman–Crippen LogP) is 1.99. The number of carbonyl (C=O) groups excluding carboxylic acids is 1. The van der Waals surface area contributed by atoms with E-state index in [0.29, 0.717) is 26.1 Å². The summed E-state index contributed by atoms with van der Waals surface area (Å²) in [6.07, 6.45) is 0.253. The Bertz CT molecular complexity index is 462. The molecule has 1 aromatic rings. The first-order valence-electron chi connectivity index (χ1n) is 6.57. The van der Waals surface area contributed by atoms with Crippen molar-refractivity contribution in [3.05, 3.63) is 23.8 Å². The number of aryl methyl sites for hydroxylation is 1. The Hall–Kier alpha value is -1.75. The van der Waals surface area contributed by atoms with Gasteiger partial charge in [-0.25, -0.2) is 4.79 Å². The van der Waals surface area contributed by atoms with Gasteiger partial charge in [0.05, 0.1) is 12.7 Å². The van der Waals surface area contributed by atoms with Gasteiger partial charge in [-0.05, 0) is 44.0 Å². The molecule has 0 spiro atoms. The maximum absolute atomic E-state index is 12.0. The average Bonchev–Trinajstić information content (AvgIpc) is 2.80. The molecule has 0 bridgehead atoms. The lowest BCUT2D eigenvalue weighted by Crippen LogP contribution is -2.33. The highest BCUT2D eigenvalue weighted by atomic mass is 16.5. The topological polar surface area (TPSA) is 61.8 Å². The molecule has 2 amide bonds. The van der Waals surface area contributed by atoms with Crippen LogP contribution in [0.2, 0.25) is 0 Å². The maximum Gasteiger partial charge on any atom is 0.321 e. The molecule has 0 radical (unpaired) electrons. The minimum absolute atomic E-state index is 0.167. The fraction of sp³-hybridized carbons (Fsp3) is 0.500. The van der Waals surface area contributed by atoms with Gasteiger partial charge in [-0.3, -0.25) is 0 Å². The number of nitrogens with zero attached hydrogens (tertiary/aromatic N) is 1. The summed E-state index contributed by atoms with van der Waals surface area (Å²) in [4.78, 5) is 13.6. The molecule has 19 heavy (non-hydrogen) atoms. The lowest BCUT2D eigenvalue weighted by atomic mass is 10.2. The molecular formula is C14H20N2O3. The third-order valence-electron chi connectivity index (χ3n) is 3.18. The number of nitrogens with one attached hydrogen (secondary N) is 1. The van der Waals surface area contributed by atoms with Crippen molar-refractivity contribution >= 4 is 11.7 Å². The number of hydrogen-bond donors (Lipinski definition) is 2. The lowest BCUT2D eigenvalue weighted by molar-refractivity contribution is 0.176. The fourth-order valence-corrected chi connectivity index (χ4v) is 2.17. The summed E-state index contributed by atoms with van der Waals surface area (Å²) in [6.45, 7) is 5.51. The van der Waals surface area contributed by atoms with E-state index in [9.17, 15) is 9.90 Å². The Morgan fingerprint density at radius 1 is 1.58 bits per heavy atom. The molecule has 1 saturated heterocycles. The zero-order valence-corrected chi connectivity index (χ0v) is 11.3. The number of rotatable bonds is 3. The van der Waals surface area contributed by atoms with Gasteiger partial charge in [0.1, 0.15) is 5.75 Å². The van der Waals surface area contributed by atoms with Crippen LogP contribution in [0.4, 0.5) is 10.5 Å². The second kappa shape index (κ2) is 5.93. The van der Waals surface area contributed by atoms with Gasteiger partial charge >= 0.3 is 6.03 Å². The molecule has 1 atom stereocenters. The van der Waals surface area contributed by atoms with Crippen LogP contribution in [-0.2, 0) is 0 Å². The molecule has 1 aliphatic heterocycles. The first kappa shape index (κ1) is 13.7. The summed E-state index contributed by atoms with van der Waals surface area (Å²) in [7, 11) is 0. The number of amides is 2. The van der Waals surface area contributed by atoms with E-state index in [0.717, 1.165) is 17.0 Å². The van der Waals surface area contributed by atoms with Crippen LogP contribution in [0.5, 0.6) is 5.75 Å². The van der Waals surface area contributed by atoms with Crippen LogP contribution < -0.4 is 10.1 Å². The predicted molar refractivity (Wildman–Crippen MR) is 73.6 cm³/mol. The zero-order valence-electron chi connectivity index (χ0n) is 11.3. The molecule has 1 heterocycles. The third kappa shape index (κ3) is 3.38. The number of likely N-dealkylation sites (tertiary alicyclic amines) is 1. The lowest BCUT2D eigenvalue weighted by Gasteiger charge is -2.17. The van der Waals surface area contributed by atoms with Crippen molar-refractivity contribution in [2.45, 2.75) is 26.4 Å². The molecule has 1 aliphatic rings. The first-order valence-corrected chi connectivity index (χ1v) is 6.57. The van der Waals surface area contributed by atoms with Crippen molar-refractivity contribution in [2.24, 2.45) is 0 Å². The number of aliphatic hydroxyl groups is 1. The SMILES string of the molecule is CCOc1ccc(NC(=O)N2CC[C@H](O)C2)cc1C.